The normalized spacial score (nSPS) is 16.8. The van der Waals surface area contributed by atoms with E-state index in [1.54, 1.807) is 25.6 Å². The predicted molar refractivity (Wildman–Crippen MR) is 111 cm³/mol. The quantitative estimate of drug-likeness (QED) is 0.610. The van der Waals surface area contributed by atoms with E-state index in [9.17, 15) is 9.59 Å². The Morgan fingerprint density at radius 3 is 3.12 bits per heavy atom. The number of aromatic amines is 1. The SMILES string of the molecule is CCOC(=O)C1CSCN1C(=S)SCc1ccc2nc(C)[nH]c(=O)c2c1. The van der Waals surface area contributed by atoms with Gasteiger partial charge in [0.2, 0.25) is 0 Å². The molecule has 1 unspecified atom stereocenters. The Bertz CT molecular complexity index is 900. The van der Waals surface area contributed by atoms with E-state index in [-0.39, 0.29) is 17.6 Å². The van der Waals surface area contributed by atoms with Crippen molar-refractivity contribution in [2.75, 3.05) is 18.2 Å². The van der Waals surface area contributed by atoms with Gasteiger partial charge in [0.15, 0.2) is 0 Å². The molecule has 1 fully saturated rings. The number of hydrogen-bond donors (Lipinski definition) is 1. The van der Waals surface area contributed by atoms with Crippen molar-refractivity contribution in [3.05, 3.63) is 39.9 Å². The number of thiocarbonyl (C=S) groups is 1. The smallest absolute Gasteiger partial charge is 0.329 e. The Morgan fingerprint density at radius 1 is 1.54 bits per heavy atom. The van der Waals surface area contributed by atoms with Gasteiger partial charge in [0.25, 0.3) is 5.56 Å². The lowest BCUT2D eigenvalue weighted by atomic mass is 10.2. The number of esters is 1. The summed E-state index contributed by atoms with van der Waals surface area (Å²) in [7, 11) is 0. The highest BCUT2D eigenvalue weighted by Gasteiger charge is 2.34. The van der Waals surface area contributed by atoms with Crippen LogP contribution < -0.4 is 5.56 Å². The maximum atomic E-state index is 12.1. The largest absolute Gasteiger partial charge is 0.464 e. The van der Waals surface area contributed by atoms with Gasteiger partial charge in [-0.15, -0.1) is 11.8 Å². The van der Waals surface area contributed by atoms with Crippen LogP contribution in [0, 0.1) is 6.92 Å². The first-order chi connectivity index (χ1) is 12.5. The van der Waals surface area contributed by atoms with E-state index in [0.29, 0.717) is 45.0 Å². The molecule has 1 aromatic heterocycles. The molecule has 2 aromatic rings. The minimum Gasteiger partial charge on any atom is -0.464 e. The molecular formula is C17H19N3O3S3. The van der Waals surface area contributed by atoms with Crippen molar-refractivity contribution >= 4 is 56.9 Å². The molecule has 3 rings (SSSR count). The van der Waals surface area contributed by atoms with E-state index in [4.69, 9.17) is 17.0 Å². The van der Waals surface area contributed by atoms with Crippen LogP contribution in [0.5, 0.6) is 0 Å². The van der Waals surface area contributed by atoms with Gasteiger partial charge in [0.1, 0.15) is 16.2 Å². The lowest BCUT2D eigenvalue weighted by Crippen LogP contribution is -2.41. The number of ether oxygens (including phenoxy) is 1. The summed E-state index contributed by atoms with van der Waals surface area (Å²) >= 11 is 8.68. The van der Waals surface area contributed by atoms with Crippen LogP contribution in [0.2, 0.25) is 0 Å². The fourth-order valence-electron chi connectivity index (χ4n) is 2.68. The fourth-order valence-corrected chi connectivity index (χ4v) is 5.19. The molecule has 0 spiro atoms. The summed E-state index contributed by atoms with van der Waals surface area (Å²) in [4.78, 5) is 33.1. The molecule has 2 heterocycles. The maximum Gasteiger partial charge on any atom is 0.329 e. The molecule has 0 saturated carbocycles. The molecule has 0 amide bonds. The molecule has 1 aromatic carbocycles. The van der Waals surface area contributed by atoms with Crippen molar-refractivity contribution in [2.45, 2.75) is 25.6 Å². The molecule has 0 aliphatic carbocycles. The monoisotopic (exact) mass is 409 g/mol. The third kappa shape index (κ3) is 4.21. The highest BCUT2D eigenvalue weighted by Crippen LogP contribution is 2.28. The Labute approximate surface area is 165 Å². The molecule has 1 aliphatic rings. The van der Waals surface area contributed by atoms with Crippen LogP contribution in [-0.2, 0) is 15.3 Å². The Hall–Kier alpha value is -1.58. The summed E-state index contributed by atoms with van der Waals surface area (Å²) in [5.74, 6) is 2.38. The number of H-pyrrole nitrogens is 1. The van der Waals surface area contributed by atoms with E-state index in [0.717, 1.165) is 5.56 Å². The van der Waals surface area contributed by atoms with Crippen molar-refractivity contribution in [3.8, 4) is 0 Å². The first-order valence-electron chi connectivity index (χ1n) is 8.17. The highest BCUT2D eigenvalue weighted by atomic mass is 32.2. The topological polar surface area (TPSA) is 75.3 Å². The highest BCUT2D eigenvalue weighted by molar-refractivity contribution is 8.22. The summed E-state index contributed by atoms with van der Waals surface area (Å²) < 4.78 is 5.80. The molecule has 1 atom stereocenters. The first kappa shape index (κ1) is 19.2. The maximum absolute atomic E-state index is 12.1. The molecule has 6 nitrogen and oxygen atoms in total. The van der Waals surface area contributed by atoms with Crippen LogP contribution in [0.1, 0.15) is 18.3 Å². The number of aryl methyl sites for hydroxylation is 1. The van der Waals surface area contributed by atoms with Crippen molar-refractivity contribution < 1.29 is 9.53 Å². The molecule has 0 radical (unpaired) electrons. The second-order valence-corrected chi connectivity index (χ2v) is 8.40. The van der Waals surface area contributed by atoms with Gasteiger partial charge in [0.05, 0.1) is 23.4 Å². The van der Waals surface area contributed by atoms with E-state index in [1.165, 1.54) is 11.8 Å². The van der Waals surface area contributed by atoms with Gasteiger partial charge in [-0.3, -0.25) is 4.79 Å². The number of benzene rings is 1. The molecule has 1 saturated heterocycles. The van der Waals surface area contributed by atoms with Crippen molar-refractivity contribution in [3.63, 3.8) is 0 Å². The fraction of sp³-hybridized carbons (Fsp3) is 0.412. The number of nitrogens with zero attached hydrogens (tertiary/aromatic N) is 2. The summed E-state index contributed by atoms with van der Waals surface area (Å²) in [5.41, 5.74) is 1.53. The summed E-state index contributed by atoms with van der Waals surface area (Å²) in [6, 6.07) is 5.33. The van der Waals surface area contributed by atoms with Crippen LogP contribution in [0.15, 0.2) is 23.0 Å². The second-order valence-electron chi connectivity index (χ2n) is 5.79. The molecule has 9 heteroatoms. The van der Waals surface area contributed by atoms with E-state index in [2.05, 4.69) is 9.97 Å². The minimum atomic E-state index is -0.313. The number of rotatable bonds is 4. The number of aromatic nitrogens is 2. The number of carbonyl (C=O) groups excluding carboxylic acids is 1. The number of fused-ring (bicyclic) bond motifs is 1. The van der Waals surface area contributed by atoms with Crippen LogP contribution >= 0.6 is 35.7 Å². The van der Waals surface area contributed by atoms with Gasteiger partial charge < -0.3 is 14.6 Å². The molecule has 138 valence electrons. The number of hydrogen-bond acceptors (Lipinski definition) is 7. The van der Waals surface area contributed by atoms with Crippen LogP contribution in [0.4, 0.5) is 0 Å². The number of nitrogens with one attached hydrogen (secondary N) is 1. The third-order valence-corrected chi connectivity index (χ3v) is 6.49. The zero-order valence-electron chi connectivity index (χ0n) is 14.5. The molecule has 1 N–H and O–H groups in total. The number of thioether (sulfide) groups is 2. The first-order valence-corrected chi connectivity index (χ1v) is 10.7. The van der Waals surface area contributed by atoms with Gasteiger partial charge in [-0.1, -0.05) is 30.0 Å². The van der Waals surface area contributed by atoms with Crippen molar-refractivity contribution in [1.29, 1.82) is 0 Å². The van der Waals surface area contributed by atoms with Crippen LogP contribution in [0.3, 0.4) is 0 Å². The molecule has 0 bridgehead atoms. The van der Waals surface area contributed by atoms with E-state index < -0.39 is 0 Å². The van der Waals surface area contributed by atoms with Crippen LogP contribution in [0.25, 0.3) is 10.9 Å². The molecule has 26 heavy (non-hydrogen) atoms. The van der Waals surface area contributed by atoms with E-state index in [1.807, 2.05) is 23.1 Å². The van der Waals surface area contributed by atoms with Gasteiger partial charge in [-0.2, -0.15) is 0 Å². The van der Waals surface area contributed by atoms with Gasteiger partial charge in [-0.25, -0.2) is 9.78 Å². The number of carbonyl (C=O) groups is 1. The summed E-state index contributed by atoms with van der Waals surface area (Å²) in [6.07, 6.45) is 0. The summed E-state index contributed by atoms with van der Waals surface area (Å²) in [6.45, 7) is 3.93. The van der Waals surface area contributed by atoms with Gasteiger partial charge in [0, 0.05) is 11.5 Å². The average molecular weight is 410 g/mol. The second kappa shape index (κ2) is 8.41. The average Bonchev–Trinajstić information content (AvgIpc) is 3.10. The van der Waals surface area contributed by atoms with Crippen molar-refractivity contribution in [2.24, 2.45) is 0 Å². The molecular weight excluding hydrogens is 390 g/mol. The van der Waals surface area contributed by atoms with Gasteiger partial charge >= 0.3 is 5.97 Å². The predicted octanol–water partition coefficient (Wildman–Crippen LogP) is 2.69. The Kier molecular flexibility index (Phi) is 6.20. The Morgan fingerprint density at radius 2 is 2.35 bits per heavy atom. The lowest BCUT2D eigenvalue weighted by molar-refractivity contribution is -0.146. The summed E-state index contributed by atoms with van der Waals surface area (Å²) in [5, 5.41) is 0.570. The van der Waals surface area contributed by atoms with E-state index >= 15 is 0 Å². The zero-order chi connectivity index (χ0) is 18.7. The minimum absolute atomic E-state index is 0.139. The molecule has 1 aliphatic heterocycles. The Balaban J connectivity index is 1.68. The zero-order valence-corrected chi connectivity index (χ0v) is 16.9. The van der Waals surface area contributed by atoms with Gasteiger partial charge in [-0.05, 0) is 31.5 Å². The van der Waals surface area contributed by atoms with Crippen molar-refractivity contribution in [1.82, 2.24) is 14.9 Å². The lowest BCUT2D eigenvalue weighted by Gasteiger charge is -2.24. The standard InChI is InChI=1S/C17H19N3O3S3/c1-3-23-16(22)14-8-25-9-20(14)17(24)26-7-11-4-5-13-12(6-11)15(21)19-10(2)18-13/h4-6,14H,3,7-9H2,1-2H3,(H,18,19,21). The van der Waals surface area contributed by atoms with Crippen LogP contribution in [-0.4, -0.2) is 49.4 Å². The third-order valence-electron chi connectivity index (χ3n) is 3.93.